The number of carbonyl (C=O) groups excluding carboxylic acids is 1. The third kappa shape index (κ3) is 4.46. The predicted octanol–water partition coefficient (Wildman–Crippen LogP) is -0.489. The van der Waals surface area contributed by atoms with E-state index in [-0.39, 0.29) is 5.91 Å². The summed E-state index contributed by atoms with van der Waals surface area (Å²) >= 11 is 0. The number of nitrogen functional groups attached to an aromatic ring is 1. The van der Waals surface area contributed by atoms with E-state index in [1.807, 2.05) is 0 Å². The molecule has 0 aromatic carbocycles. The lowest BCUT2D eigenvalue weighted by Crippen LogP contribution is -2.38. The van der Waals surface area contributed by atoms with Gasteiger partial charge < -0.3 is 15.8 Å². The molecule has 19 heavy (non-hydrogen) atoms. The fraction of sp³-hybridized carbons (Fsp3) is 0.583. The van der Waals surface area contributed by atoms with E-state index in [0.717, 1.165) is 39.3 Å². The zero-order valence-corrected chi connectivity index (χ0v) is 10.8. The van der Waals surface area contributed by atoms with Crippen LogP contribution in [0.2, 0.25) is 0 Å². The van der Waals surface area contributed by atoms with Crippen LogP contribution in [0.4, 0.5) is 5.82 Å². The van der Waals surface area contributed by atoms with Gasteiger partial charge in [0.15, 0.2) is 0 Å². The number of nitrogens with zero attached hydrogens (tertiary/aromatic N) is 3. The SMILES string of the molecule is Nc1cnc(C(=O)NCCCN2CCOCC2)cn1. The number of amides is 1. The maximum atomic E-state index is 11.7. The van der Waals surface area contributed by atoms with Gasteiger partial charge in [-0.2, -0.15) is 0 Å². The van der Waals surface area contributed by atoms with Gasteiger partial charge in [-0.05, 0) is 13.0 Å². The number of morpholine rings is 1. The minimum absolute atomic E-state index is 0.213. The number of hydrogen-bond donors (Lipinski definition) is 2. The van der Waals surface area contributed by atoms with E-state index >= 15 is 0 Å². The second-order valence-corrected chi connectivity index (χ2v) is 4.39. The van der Waals surface area contributed by atoms with Crippen molar-refractivity contribution in [3.63, 3.8) is 0 Å². The van der Waals surface area contributed by atoms with Gasteiger partial charge in [0.1, 0.15) is 11.5 Å². The Morgan fingerprint density at radius 2 is 2.16 bits per heavy atom. The van der Waals surface area contributed by atoms with Gasteiger partial charge in [0, 0.05) is 19.6 Å². The van der Waals surface area contributed by atoms with Crippen LogP contribution in [0.25, 0.3) is 0 Å². The lowest BCUT2D eigenvalue weighted by molar-refractivity contribution is 0.0374. The maximum absolute atomic E-state index is 11.7. The fourth-order valence-corrected chi connectivity index (χ4v) is 1.88. The average molecular weight is 265 g/mol. The molecule has 0 atom stereocenters. The summed E-state index contributed by atoms with van der Waals surface area (Å²) < 4.78 is 5.27. The first kappa shape index (κ1) is 13.7. The number of nitrogens with one attached hydrogen (secondary N) is 1. The van der Waals surface area contributed by atoms with Gasteiger partial charge in [0.2, 0.25) is 0 Å². The molecule has 1 aromatic rings. The maximum Gasteiger partial charge on any atom is 0.271 e. The lowest BCUT2D eigenvalue weighted by atomic mass is 10.3. The summed E-state index contributed by atoms with van der Waals surface area (Å²) in [4.78, 5) is 21.8. The molecule has 3 N–H and O–H groups in total. The number of rotatable bonds is 5. The van der Waals surface area contributed by atoms with Gasteiger partial charge in [-0.15, -0.1) is 0 Å². The van der Waals surface area contributed by atoms with Crippen molar-refractivity contribution in [2.45, 2.75) is 6.42 Å². The molecule has 2 rings (SSSR count). The van der Waals surface area contributed by atoms with Crippen molar-refractivity contribution >= 4 is 11.7 Å². The van der Waals surface area contributed by atoms with Crippen molar-refractivity contribution in [2.24, 2.45) is 0 Å². The second kappa shape index (κ2) is 7.01. The Morgan fingerprint density at radius 1 is 1.37 bits per heavy atom. The molecule has 0 bridgehead atoms. The standard InChI is InChI=1S/C12H19N5O2/c13-11-9-15-10(8-16-11)12(18)14-2-1-3-17-4-6-19-7-5-17/h8-9H,1-7H2,(H2,13,16)(H,14,18). The Bertz CT molecular complexity index is 403. The highest BCUT2D eigenvalue weighted by Gasteiger charge is 2.10. The average Bonchev–Trinajstić information content (AvgIpc) is 2.45. The van der Waals surface area contributed by atoms with Crippen molar-refractivity contribution in [3.8, 4) is 0 Å². The zero-order valence-electron chi connectivity index (χ0n) is 10.8. The van der Waals surface area contributed by atoms with E-state index in [0.29, 0.717) is 18.1 Å². The lowest BCUT2D eigenvalue weighted by Gasteiger charge is -2.26. The summed E-state index contributed by atoms with van der Waals surface area (Å²) in [5, 5.41) is 2.82. The van der Waals surface area contributed by atoms with E-state index in [2.05, 4.69) is 20.2 Å². The second-order valence-electron chi connectivity index (χ2n) is 4.39. The topological polar surface area (TPSA) is 93.4 Å². The summed E-state index contributed by atoms with van der Waals surface area (Å²) in [7, 11) is 0. The third-order valence-corrected chi connectivity index (χ3v) is 2.94. The van der Waals surface area contributed by atoms with Crippen molar-refractivity contribution < 1.29 is 9.53 Å². The molecule has 1 aromatic heterocycles. The molecule has 1 saturated heterocycles. The van der Waals surface area contributed by atoms with E-state index in [4.69, 9.17) is 10.5 Å². The Hall–Kier alpha value is -1.73. The highest BCUT2D eigenvalue weighted by Crippen LogP contribution is 1.98. The van der Waals surface area contributed by atoms with Crippen LogP contribution in [0.15, 0.2) is 12.4 Å². The summed E-state index contributed by atoms with van der Waals surface area (Å²) in [6.07, 6.45) is 3.67. The van der Waals surface area contributed by atoms with Crippen molar-refractivity contribution in [1.82, 2.24) is 20.2 Å². The molecule has 0 radical (unpaired) electrons. The number of aromatic nitrogens is 2. The largest absolute Gasteiger partial charge is 0.382 e. The number of anilines is 1. The van der Waals surface area contributed by atoms with Crippen LogP contribution in [0.5, 0.6) is 0 Å². The van der Waals surface area contributed by atoms with Crippen molar-refractivity contribution in [3.05, 3.63) is 18.1 Å². The van der Waals surface area contributed by atoms with Crippen LogP contribution in [0.3, 0.4) is 0 Å². The molecule has 1 aliphatic rings. The molecule has 0 unspecified atom stereocenters. The first-order chi connectivity index (χ1) is 9.25. The van der Waals surface area contributed by atoms with Crippen molar-refractivity contribution in [2.75, 3.05) is 45.1 Å². The Kier molecular flexibility index (Phi) is 5.05. The normalized spacial score (nSPS) is 16.2. The zero-order chi connectivity index (χ0) is 13.5. The minimum Gasteiger partial charge on any atom is -0.382 e. The highest BCUT2D eigenvalue weighted by molar-refractivity contribution is 5.91. The molecule has 2 heterocycles. The van der Waals surface area contributed by atoms with E-state index in [1.54, 1.807) is 0 Å². The fourth-order valence-electron chi connectivity index (χ4n) is 1.88. The highest BCUT2D eigenvalue weighted by atomic mass is 16.5. The number of nitrogens with two attached hydrogens (primary N) is 1. The van der Waals surface area contributed by atoms with Gasteiger partial charge in [-0.1, -0.05) is 0 Å². The van der Waals surface area contributed by atoms with Gasteiger partial charge in [0.05, 0.1) is 25.6 Å². The van der Waals surface area contributed by atoms with Crippen molar-refractivity contribution in [1.29, 1.82) is 0 Å². The van der Waals surface area contributed by atoms with Gasteiger partial charge in [0.25, 0.3) is 5.91 Å². The van der Waals surface area contributed by atoms with Crippen LogP contribution >= 0.6 is 0 Å². The van der Waals surface area contributed by atoms with Crippen LogP contribution < -0.4 is 11.1 Å². The molecule has 1 fully saturated rings. The van der Waals surface area contributed by atoms with Gasteiger partial charge in [-0.3, -0.25) is 9.69 Å². The molecule has 7 nitrogen and oxygen atoms in total. The Labute approximate surface area is 112 Å². The number of carbonyl (C=O) groups is 1. The van der Waals surface area contributed by atoms with E-state index in [1.165, 1.54) is 12.4 Å². The van der Waals surface area contributed by atoms with E-state index < -0.39 is 0 Å². The molecule has 104 valence electrons. The third-order valence-electron chi connectivity index (χ3n) is 2.94. The monoisotopic (exact) mass is 265 g/mol. The van der Waals surface area contributed by atoms with Crippen LogP contribution in [0.1, 0.15) is 16.9 Å². The molecular formula is C12H19N5O2. The predicted molar refractivity (Wildman–Crippen MR) is 70.7 cm³/mol. The van der Waals surface area contributed by atoms with Gasteiger partial charge >= 0.3 is 0 Å². The van der Waals surface area contributed by atoms with E-state index in [9.17, 15) is 4.79 Å². The molecule has 0 spiro atoms. The summed E-state index contributed by atoms with van der Waals surface area (Å²) in [5.74, 6) is 0.0957. The molecule has 1 amide bonds. The first-order valence-corrected chi connectivity index (χ1v) is 6.41. The molecule has 1 aliphatic heterocycles. The summed E-state index contributed by atoms with van der Waals surface area (Å²) in [6.45, 7) is 5.13. The summed E-state index contributed by atoms with van der Waals surface area (Å²) in [6, 6.07) is 0. The van der Waals surface area contributed by atoms with Crippen LogP contribution in [0, 0.1) is 0 Å². The first-order valence-electron chi connectivity index (χ1n) is 6.41. The molecule has 0 aliphatic carbocycles. The molecular weight excluding hydrogens is 246 g/mol. The number of hydrogen-bond acceptors (Lipinski definition) is 6. The molecule has 0 saturated carbocycles. The van der Waals surface area contributed by atoms with Crippen LogP contribution in [-0.2, 0) is 4.74 Å². The summed E-state index contributed by atoms with van der Waals surface area (Å²) in [5.41, 5.74) is 5.70. The Balaban J connectivity index is 1.64. The van der Waals surface area contributed by atoms with Crippen LogP contribution in [-0.4, -0.2) is 60.2 Å². The van der Waals surface area contributed by atoms with Gasteiger partial charge in [-0.25, -0.2) is 9.97 Å². The Morgan fingerprint density at radius 3 is 2.84 bits per heavy atom. The molecule has 7 heteroatoms. The smallest absolute Gasteiger partial charge is 0.271 e. The quantitative estimate of drug-likeness (QED) is 0.698. The number of ether oxygens (including phenoxy) is 1. The minimum atomic E-state index is -0.213.